The number of nitrogens with one attached hydrogen (secondary N) is 1. The van der Waals surface area contributed by atoms with Gasteiger partial charge >= 0.3 is 0 Å². The number of imidazole rings is 1. The van der Waals surface area contributed by atoms with Crippen molar-refractivity contribution in [2.24, 2.45) is 0 Å². The number of halogens is 1. The van der Waals surface area contributed by atoms with Crippen molar-refractivity contribution in [1.29, 1.82) is 0 Å². The van der Waals surface area contributed by atoms with Gasteiger partial charge in [0.25, 0.3) is 5.91 Å². The maximum atomic E-state index is 13.4. The highest BCUT2D eigenvalue weighted by molar-refractivity contribution is 5.94. The lowest BCUT2D eigenvalue weighted by Gasteiger charge is -2.07. The van der Waals surface area contributed by atoms with E-state index in [1.165, 1.54) is 12.1 Å². The number of aryl methyl sites for hydroxylation is 3. The molecule has 23 heavy (non-hydrogen) atoms. The summed E-state index contributed by atoms with van der Waals surface area (Å²) < 4.78 is 15.2. The normalized spacial score (nSPS) is 11.0. The number of carbonyl (C=O) groups excluding carboxylic acids is 1. The summed E-state index contributed by atoms with van der Waals surface area (Å²) in [6.45, 7) is 5.89. The van der Waals surface area contributed by atoms with Crippen LogP contribution >= 0.6 is 0 Å². The summed E-state index contributed by atoms with van der Waals surface area (Å²) in [5.74, 6) is -0.517. The van der Waals surface area contributed by atoms with Crippen LogP contribution in [0.5, 0.6) is 0 Å². The fraction of sp³-hybridized carbons (Fsp3) is 0.222. The number of pyridine rings is 1. The molecule has 1 amide bonds. The second-order valence-corrected chi connectivity index (χ2v) is 5.80. The second-order valence-electron chi connectivity index (χ2n) is 5.80. The van der Waals surface area contributed by atoms with Crippen molar-refractivity contribution in [3.8, 4) is 0 Å². The molecule has 3 aromatic rings. The number of carbonyl (C=O) groups is 1. The molecule has 0 saturated carbocycles. The molecule has 0 radical (unpaired) electrons. The van der Waals surface area contributed by atoms with Gasteiger partial charge in [-0.1, -0.05) is 6.07 Å². The summed E-state index contributed by atoms with van der Waals surface area (Å²) in [7, 11) is 0. The Balaban J connectivity index is 1.85. The fourth-order valence-electron chi connectivity index (χ4n) is 2.72. The molecule has 5 heteroatoms. The van der Waals surface area contributed by atoms with Gasteiger partial charge in [-0.05, 0) is 61.7 Å². The highest BCUT2D eigenvalue weighted by Crippen LogP contribution is 2.14. The first-order chi connectivity index (χ1) is 10.9. The van der Waals surface area contributed by atoms with E-state index in [2.05, 4.69) is 10.3 Å². The highest BCUT2D eigenvalue weighted by Gasteiger charge is 2.16. The number of fused-ring (bicyclic) bond motifs is 1. The van der Waals surface area contributed by atoms with Gasteiger partial charge in [0.05, 0.1) is 5.69 Å². The van der Waals surface area contributed by atoms with Crippen LogP contribution in [0.3, 0.4) is 0 Å². The summed E-state index contributed by atoms with van der Waals surface area (Å²) in [5.41, 5.74) is 4.57. The van der Waals surface area contributed by atoms with Crippen LogP contribution in [0.2, 0.25) is 0 Å². The predicted octanol–water partition coefficient (Wildman–Crippen LogP) is 3.33. The minimum absolute atomic E-state index is 0.222. The lowest BCUT2D eigenvalue weighted by Crippen LogP contribution is -2.25. The number of benzene rings is 1. The molecular formula is C18H18FN3O. The van der Waals surface area contributed by atoms with Gasteiger partial charge in [-0.2, -0.15) is 0 Å². The second kappa shape index (κ2) is 5.83. The maximum Gasteiger partial charge on any atom is 0.270 e. The van der Waals surface area contributed by atoms with E-state index in [-0.39, 0.29) is 18.3 Å². The molecule has 0 aliphatic heterocycles. The van der Waals surface area contributed by atoms with Crippen LogP contribution in [0.15, 0.2) is 36.5 Å². The zero-order chi connectivity index (χ0) is 16.6. The van der Waals surface area contributed by atoms with Gasteiger partial charge < -0.3 is 5.32 Å². The molecule has 0 saturated heterocycles. The highest BCUT2D eigenvalue weighted by atomic mass is 19.1. The van der Waals surface area contributed by atoms with E-state index in [9.17, 15) is 9.18 Å². The molecule has 4 nitrogen and oxygen atoms in total. The van der Waals surface area contributed by atoms with E-state index in [0.29, 0.717) is 11.4 Å². The van der Waals surface area contributed by atoms with Crippen molar-refractivity contribution in [1.82, 2.24) is 14.7 Å². The van der Waals surface area contributed by atoms with Crippen LogP contribution in [0.4, 0.5) is 4.39 Å². The van der Waals surface area contributed by atoms with Gasteiger partial charge in [0, 0.05) is 12.7 Å². The molecule has 0 bridgehead atoms. The Morgan fingerprint density at radius 1 is 1.17 bits per heavy atom. The molecule has 0 fully saturated rings. The average Bonchev–Trinajstić information content (AvgIpc) is 2.78. The average molecular weight is 311 g/mol. The van der Waals surface area contributed by atoms with Crippen molar-refractivity contribution >= 4 is 11.6 Å². The van der Waals surface area contributed by atoms with Crippen molar-refractivity contribution in [2.45, 2.75) is 27.3 Å². The third-order valence-corrected chi connectivity index (χ3v) is 3.73. The maximum absolute atomic E-state index is 13.4. The first kappa shape index (κ1) is 15.2. The summed E-state index contributed by atoms with van der Waals surface area (Å²) in [4.78, 5) is 16.9. The van der Waals surface area contributed by atoms with Crippen molar-refractivity contribution in [3.63, 3.8) is 0 Å². The molecule has 3 rings (SSSR count). The third-order valence-electron chi connectivity index (χ3n) is 3.73. The van der Waals surface area contributed by atoms with Gasteiger partial charge in [0.15, 0.2) is 0 Å². The summed E-state index contributed by atoms with van der Waals surface area (Å²) in [6.07, 6.45) is 1.84. The zero-order valence-electron chi connectivity index (χ0n) is 13.4. The fourth-order valence-corrected chi connectivity index (χ4v) is 2.72. The van der Waals surface area contributed by atoms with Crippen molar-refractivity contribution < 1.29 is 9.18 Å². The van der Waals surface area contributed by atoms with Gasteiger partial charge in [-0.3, -0.25) is 9.20 Å². The SMILES string of the molecule is Cc1cc(F)cc(CNC(=O)c2c(C)nc3cc(C)ccn23)c1. The lowest BCUT2D eigenvalue weighted by molar-refractivity contribution is 0.0944. The molecule has 0 spiro atoms. The quantitative estimate of drug-likeness (QED) is 0.806. The standard InChI is InChI=1S/C18H18FN3O/c1-11-4-5-22-16(8-11)21-13(3)17(22)18(23)20-10-14-6-12(2)7-15(19)9-14/h4-9H,10H2,1-3H3,(H,20,23). The summed E-state index contributed by atoms with van der Waals surface area (Å²) >= 11 is 0. The van der Waals surface area contributed by atoms with Gasteiger partial charge in [-0.25, -0.2) is 9.37 Å². The van der Waals surface area contributed by atoms with E-state index in [0.717, 1.165) is 22.3 Å². The smallest absolute Gasteiger partial charge is 0.270 e. The Morgan fingerprint density at radius 2 is 1.96 bits per heavy atom. The molecule has 0 atom stereocenters. The topological polar surface area (TPSA) is 46.4 Å². The molecular weight excluding hydrogens is 293 g/mol. The third kappa shape index (κ3) is 3.08. The predicted molar refractivity (Wildman–Crippen MR) is 87.0 cm³/mol. The molecule has 0 aliphatic carbocycles. The van der Waals surface area contributed by atoms with E-state index >= 15 is 0 Å². The van der Waals surface area contributed by atoms with Crippen LogP contribution < -0.4 is 5.32 Å². The number of nitrogens with zero attached hydrogens (tertiary/aromatic N) is 2. The summed E-state index contributed by atoms with van der Waals surface area (Å²) in [5, 5.41) is 2.84. The number of hydrogen-bond acceptors (Lipinski definition) is 2. The first-order valence-electron chi connectivity index (χ1n) is 7.43. The lowest BCUT2D eigenvalue weighted by atomic mass is 10.1. The Morgan fingerprint density at radius 3 is 2.70 bits per heavy atom. The number of amides is 1. The molecule has 2 aromatic heterocycles. The monoisotopic (exact) mass is 311 g/mol. The van der Waals surface area contributed by atoms with E-state index in [1.807, 2.05) is 45.2 Å². The number of hydrogen-bond donors (Lipinski definition) is 1. The van der Waals surface area contributed by atoms with E-state index < -0.39 is 0 Å². The van der Waals surface area contributed by atoms with Crippen molar-refractivity contribution in [2.75, 3.05) is 0 Å². The Kier molecular flexibility index (Phi) is 3.86. The Bertz CT molecular complexity index is 878. The van der Waals surface area contributed by atoms with Crippen LogP contribution in [0, 0.1) is 26.6 Å². The Labute approximate surface area is 134 Å². The number of aromatic nitrogens is 2. The minimum Gasteiger partial charge on any atom is -0.347 e. The number of rotatable bonds is 3. The van der Waals surface area contributed by atoms with Crippen LogP contribution in [-0.2, 0) is 6.54 Å². The minimum atomic E-state index is -0.296. The van der Waals surface area contributed by atoms with E-state index in [4.69, 9.17) is 0 Å². The van der Waals surface area contributed by atoms with Gasteiger partial charge in [0.2, 0.25) is 0 Å². The largest absolute Gasteiger partial charge is 0.347 e. The first-order valence-corrected chi connectivity index (χ1v) is 7.43. The molecule has 118 valence electrons. The van der Waals surface area contributed by atoms with Crippen LogP contribution in [-0.4, -0.2) is 15.3 Å². The van der Waals surface area contributed by atoms with Crippen LogP contribution in [0.25, 0.3) is 5.65 Å². The van der Waals surface area contributed by atoms with Gasteiger partial charge in [-0.15, -0.1) is 0 Å². The van der Waals surface area contributed by atoms with E-state index in [1.54, 1.807) is 4.40 Å². The molecule has 1 N–H and O–H groups in total. The van der Waals surface area contributed by atoms with Crippen molar-refractivity contribution in [3.05, 3.63) is 70.4 Å². The Hall–Kier alpha value is -2.69. The van der Waals surface area contributed by atoms with Gasteiger partial charge in [0.1, 0.15) is 17.2 Å². The van der Waals surface area contributed by atoms with Crippen LogP contribution in [0.1, 0.15) is 32.9 Å². The molecule has 2 heterocycles. The molecule has 1 aromatic carbocycles. The summed E-state index contributed by atoms with van der Waals surface area (Å²) in [6, 6.07) is 8.61. The zero-order valence-corrected chi connectivity index (χ0v) is 13.4. The molecule has 0 aliphatic rings. The molecule has 0 unspecified atom stereocenters.